The van der Waals surface area contributed by atoms with Crippen molar-refractivity contribution in [3.8, 4) is 16.9 Å². The summed E-state index contributed by atoms with van der Waals surface area (Å²) >= 11 is 0. The molecule has 1 aliphatic carbocycles. The van der Waals surface area contributed by atoms with Crippen molar-refractivity contribution < 1.29 is 14.6 Å². The highest BCUT2D eigenvalue weighted by molar-refractivity contribution is 5.71. The molecule has 0 saturated heterocycles. The third-order valence-electron chi connectivity index (χ3n) is 7.13. The van der Waals surface area contributed by atoms with Crippen molar-refractivity contribution in [1.82, 2.24) is 10.3 Å². The quantitative estimate of drug-likeness (QED) is 0.378. The van der Waals surface area contributed by atoms with Crippen LogP contribution in [0, 0.1) is 6.92 Å². The van der Waals surface area contributed by atoms with Gasteiger partial charge in [-0.15, -0.1) is 0 Å². The molecule has 35 heavy (non-hydrogen) atoms. The van der Waals surface area contributed by atoms with Crippen molar-refractivity contribution in [2.45, 2.75) is 71.4 Å². The summed E-state index contributed by atoms with van der Waals surface area (Å²) < 4.78 is 5.40. The molecule has 0 fully saturated rings. The van der Waals surface area contributed by atoms with Crippen LogP contribution in [-0.4, -0.2) is 23.2 Å². The third kappa shape index (κ3) is 5.91. The number of carboxylic acids is 1. The van der Waals surface area contributed by atoms with E-state index >= 15 is 0 Å². The molecule has 184 valence electrons. The molecular formula is C30H36N2O3. The van der Waals surface area contributed by atoms with Crippen LogP contribution >= 0.6 is 0 Å². The fourth-order valence-electron chi connectivity index (χ4n) is 5.02. The van der Waals surface area contributed by atoms with Gasteiger partial charge in [-0.3, -0.25) is 9.78 Å². The molecule has 0 bridgehead atoms. The molecule has 0 spiro atoms. The van der Waals surface area contributed by atoms with Crippen LogP contribution in [-0.2, 0) is 24.1 Å². The topological polar surface area (TPSA) is 71.5 Å². The lowest BCUT2D eigenvalue weighted by molar-refractivity contribution is -0.136. The number of rotatable bonds is 9. The summed E-state index contributed by atoms with van der Waals surface area (Å²) in [5.74, 6) is 0.0968. The highest BCUT2D eigenvalue weighted by Crippen LogP contribution is 2.34. The van der Waals surface area contributed by atoms with Gasteiger partial charge in [-0.25, -0.2) is 0 Å². The number of carbonyl (C=O) groups is 1. The van der Waals surface area contributed by atoms with Gasteiger partial charge in [0.1, 0.15) is 5.75 Å². The van der Waals surface area contributed by atoms with Crippen LogP contribution in [0.15, 0.2) is 48.5 Å². The minimum absolute atomic E-state index is 0.0686. The van der Waals surface area contributed by atoms with E-state index in [2.05, 4.69) is 62.5 Å². The van der Waals surface area contributed by atoms with Gasteiger partial charge in [0, 0.05) is 24.2 Å². The standard InChI is InChI=1S/C30H36N2O3/c1-19-12-13-24(16-22(19)14-15-30(33)34)27-18-29(32-28-11-6-5-10-26(27)28)21(3)31-20(2)23-8-7-9-25(17-23)35-4/h7-9,12-13,16-18,20-21,31H,5-6,10-11,14-15H2,1-4H3,(H,33,34)/t20-,21?/m1/s1. The molecule has 0 amide bonds. The maximum atomic E-state index is 11.2. The van der Waals surface area contributed by atoms with Crippen LogP contribution in [0.25, 0.3) is 11.1 Å². The molecule has 2 atom stereocenters. The van der Waals surface area contributed by atoms with Crippen molar-refractivity contribution >= 4 is 5.97 Å². The van der Waals surface area contributed by atoms with E-state index in [0.717, 1.165) is 41.0 Å². The third-order valence-corrected chi connectivity index (χ3v) is 7.13. The van der Waals surface area contributed by atoms with Gasteiger partial charge < -0.3 is 15.2 Å². The summed E-state index contributed by atoms with van der Waals surface area (Å²) in [6.07, 6.45) is 5.09. The summed E-state index contributed by atoms with van der Waals surface area (Å²) in [6.45, 7) is 6.39. The van der Waals surface area contributed by atoms with Crippen molar-refractivity contribution in [3.63, 3.8) is 0 Å². The molecule has 0 aliphatic heterocycles. The molecule has 2 N–H and O–H groups in total. The Kier molecular flexibility index (Phi) is 7.86. The fraction of sp³-hybridized carbons (Fsp3) is 0.400. The summed E-state index contributed by atoms with van der Waals surface area (Å²) in [7, 11) is 1.69. The van der Waals surface area contributed by atoms with Crippen LogP contribution in [0.4, 0.5) is 0 Å². The van der Waals surface area contributed by atoms with E-state index in [0.29, 0.717) is 6.42 Å². The number of hydrogen-bond donors (Lipinski definition) is 2. The molecule has 1 heterocycles. The maximum absolute atomic E-state index is 11.2. The van der Waals surface area contributed by atoms with Crippen LogP contribution in [0.1, 0.15) is 78.8 Å². The molecule has 0 saturated carbocycles. The number of pyridine rings is 1. The second-order valence-corrected chi connectivity index (χ2v) is 9.65. The minimum Gasteiger partial charge on any atom is -0.497 e. The first-order chi connectivity index (χ1) is 16.9. The van der Waals surface area contributed by atoms with Gasteiger partial charge in [0.15, 0.2) is 0 Å². The summed E-state index contributed by atoms with van der Waals surface area (Å²) in [5, 5.41) is 12.9. The Morgan fingerprint density at radius 1 is 1.09 bits per heavy atom. The minimum atomic E-state index is -0.761. The highest BCUT2D eigenvalue weighted by atomic mass is 16.5. The molecule has 5 nitrogen and oxygen atoms in total. The van der Waals surface area contributed by atoms with E-state index in [9.17, 15) is 4.79 Å². The monoisotopic (exact) mass is 472 g/mol. The van der Waals surface area contributed by atoms with Crippen LogP contribution in [0.5, 0.6) is 5.75 Å². The predicted molar refractivity (Wildman–Crippen MR) is 140 cm³/mol. The van der Waals surface area contributed by atoms with Crippen molar-refractivity contribution in [2.75, 3.05) is 7.11 Å². The van der Waals surface area contributed by atoms with Crippen molar-refractivity contribution in [1.29, 1.82) is 0 Å². The van der Waals surface area contributed by atoms with E-state index in [1.165, 1.54) is 35.2 Å². The van der Waals surface area contributed by atoms with Crippen molar-refractivity contribution in [2.24, 2.45) is 0 Å². The number of aromatic nitrogens is 1. The smallest absolute Gasteiger partial charge is 0.303 e. The van der Waals surface area contributed by atoms with Gasteiger partial charge in [0.2, 0.25) is 0 Å². The molecule has 1 aromatic heterocycles. The Labute approximate surface area is 208 Å². The SMILES string of the molecule is COc1cccc([C@@H](C)NC(C)c2cc(-c3ccc(C)c(CCC(=O)O)c3)c3c(n2)CCCC3)c1. The Morgan fingerprint density at radius 2 is 1.89 bits per heavy atom. The lowest BCUT2D eigenvalue weighted by Crippen LogP contribution is -2.24. The lowest BCUT2D eigenvalue weighted by Gasteiger charge is -2.25. The number of nitrogens with one attached hydrogen (secondary N) is 1. The first-order valence-electron chi connectivity index (χ1n) is 12.6. The van der Waals surface area contributed by atoms with Crippen LogP contribution in [0.2, 0.25) is 0 Å². The molecule has 4 rings (SSSR count). The van der Waals surface area contributed by atoms with E-state index in [4.69, 9.17) is 14.8 Å². The number of aliphatic carboxylic acids is 1. The average molecular weight is 473 g/mol. The second-order valence-electron chi connectivity index (χ2n) is 9.65. The zero-order chi connectivity index (χ0) is 24.9. The molecule has 1 aliphatic rings. The molecular weight excluding hydrogens is 436 g/mol. The van der Waals surface area contributed by atoms with Gasteiger partial charge >= 0.3 is 5.97 Å². The first kappa shape index (κ1) is 24.9. The van der Waals surface area contributed by atoms with E-state index in [1.54, 1.807) is 7.11 Å². The van der Waals surface area contributed by atoms with Gasteiger partial charge in [-0.1, -0.05) is 30.3 Å². The van der Waals surface area contributed by atoms with E-state index < -0.39 is 5.97 Å². The highest BCUT2D eigenvalue weighted by Gasteiger charge is 2.21. The van der Waals surface area contributed by atoms with Crippen LogP contribution < -0.4 is 10.1 Å². The zero-order valence-electron chi connectivity index (χ0n) is 21.2. The molecule has 3 aromatic rings. The second kappa shape index (κ2) is 11.0. The average Bonchev–Trinajstić information content (AvgIpc) is 2.87. The van der Waals surface area contributed by atoms with Crippen LogP contribution in [0.3, 0.4) is 0 Å². The van der Waals surface area contributed by atoms with Gasteiger partial charge in [0.05, 0.1) is 12.8 Å². The molecule has 0 radical (unpaired) electrons. The Morgan fingerprint density at radius 3 is 2.66 bits per heavy atom. The number of benzene rings is 2. The number of methoxy groups -OCH3 is 1. The Bertz CT molecular complexity index is 1200. The summed E-state index contributed by atoms with van der Waals surface area (Å²) in [6, 6.07) is 17.1. The fourth-order valence-corrected chi connectivity index (χ4v) is 5.02. The van der Waals surface area contributed by atoms with Gasteiger partial charge in [-0.2, -0.15) is 0 Å². The number of ether oxygens (including phenoxy) is 1. The number of aryl methyl sites for hydroxylation is 3. The van der Waals surface area contributed by atoms with Gasteiger partial charge in [-0.05, 0) is 104 Å². The maximum Gasteiger partial charge on any atom is 0.303 e. The first-order valence-corrected chi connectivity index (χ1v) is 12.6. The molecule has 1 unspecified atom stereocenters. The van der Waals surface area contributed by atoms with Crippen molar-refractivity contribution in [3.05, 3.63) is 82.2 Å². The largest absolute Gasteiger partial charge is 0.497 e. The molecule has 5 heteroatoms. The van der Waals surface area contributed by atoms with E-state index in [1.807, 2.05) is 12.1 Å². The van der Waals surface area contributed by atoms with E-state index in [-0.39, 0.29) is 18.5 Å². The predicted octanol–water partition coefficient (Wildman–Crippen LogP) is 6.37. The number of nitrogens with zero attached hydrogens (tertiary/aromatic N) is 1. The molecule has 2 aromatic carbocycles. The number of fused-ring (bicyclic) bond motifs is 1. The lowest BCUT2D eigenvalue weighted by atomic mass is 9.87. The number of carboxylic acid groups (broad SMARTS) is 1. The number of hydrogen-bond acceptors (Lipinski definition) is 4. The Hall–Kier alpha value is -3.18. The summed E-state index contributed by atoms with van der Waals surface area (Å²) in [5.41, 5.74) is 9.42. The Balaban J connectivity index is 1.66. The van der Waals surface area contributed by atoms with Gasteiger partial charge in [0.25, 0.3) is 0 Å². The summed E-state index contributed by atoms with van der Waals surface area (Å²) in [4.78, 5) is 16.3. The zero-order valence-corrected chi connectivity index (χ0v) is 21.2. The normalized spacial score (nSPS) is 14.7.